The van der Waals surface area contributed by atoms with Crippen LogP contribution in [0, 0.1) is 0 Å². The average molecular weight is 337 g/mol. The predicted octanol–water partition coefficient (Wildman–Crippen LogP) is 2.71. The first kappa shape index (κ1) is 13.5. The molecular formula is C14H17BrN4O. The van der Waals surface area contributed by atoms with E-state index in [9.17, 15) is 4.79 Å². The summed E-state index contributed by atoms with van der Waals surface area (Å²) >= 11 is 3.40. The molecule has 2 N–H and O–H groups in total. The lowest BCUT2D eigenvalue weighted by atomic mass is 10.1. The van der Waals surface area contributed by atoms with Gasteiger partial charge in [-0.3, -0.25) is 4.79 Å². The maximum Gasteiger partial charge on any atom is 0.220 e. The summed E-state index contributed by atoms with van der Waals surface area (Å²) < 4.78 is 0.941. The van der Waals surface area contributed by atoms with Crippen LogP contribution >= 0.6 is 15.9 Å². The molecule has 0 aromatic carbocycles. The van der Waals surface area contributed by atoms with Crippen molar-refractivity contribution in [3.05, 3.63) is 22.6 Å². The smallest absolute Gasteiger partial charge is 0.220 e. The van der Waals surface area contributed by atoms with E-state index in [0.717, 1.165) is 53.6 Å². The molecule has 0 saturated carbocycles. The molecule has 0 spiro atoms. The molecule has 0 bridgehead atoms. The molecule has 0 unspecified atom stereocenters. The molecule has 106 valence electrons. The number of H-pyrrole nitrogens is 1. The minimum absolute atomic E-state index is 0.183. The number of nitrogens with one attached hydrogen (secondary N) is 2. The largest absolute Gasteiger partial charge is 0.353 e. The Labute approximate surface area is 125 Å². The fourth-order valence-electron chi connectivity index (χ4n) is 2.62. The van der Waals surface area contributed by atoms with Crippen molar-refractivity contribution < 1.29 is 4.79 Å². The Kier molecular flexibility index (Phi) is 4.00. The lowest BCUT2D eigenvalue weighted by Crippen LogP contribution is -2.33. The number of carbonyl (C=O) groups is 1. The molecule has 3 rings (SSSR count). The van der Waals surface area contributed by atoms with E-state index in [2.05, 4.69) is 36.2 Å². The van der Waals surface area contributed by atoms with Crippen LogP contribution in [0.5, 0.6) is 0 Å². The Hall–Kier alpha value is -1.43. The standard InChI is InChI=1S/C14H17BrN4O/c15-9-7-11-14(16-8-9)19-12(18-11)6-5-10-3-1-2-4-13(20)17-10/h7-8,10H,1-6H2,(H,17,20)(H,16,18,19)/t10-/m1/s1. The number of imidazole rings is 1. The zero-order valence-electron chi connectivity index (χ0n) is 11.2. The SMILES string of the molecule is O=C1CCCC[C@H](CCc2nc3ncc(Br)cc3[nH]2)N1. The van der Waals surface area contributed by atoms with Crippen LogP contribution in [0.3, 0.4) is 0 Å². The van der Waals surface area contributed by atoms with Crippen LogP contribution < -0.4 is 5.32 Å². The minimum Gasteiger partial charge on any atom is -0.353 e. The third-order valence-electron chi connectivity index (χ3n) is 3.65. The van der Waals surface area contributed by atoms with Gasteiger partial charge in [-0.2, -0.15) is 0 Å². The van der Waals surface area contributed by atoms with Crippen LogP contribution in [0.2, 0.25) is 0 Å². The minimum atomic E-state index is 0.183. The number of fused-ring (bicyclic) bond motifs is 1. The molecule has 0 aliphatic carbocycles. The third-order valence-corrected chi connectivity index (χ3v) is 4.09. The van der Waals surface area contributed by atoms with Crippen molar-refractivity contribution in [2.24, 2.45) is 0 Å². The van der Waals surface area contributed by atoms with Crippen molar-refractivity contribution in [3.63, 3.8) is 0 Å². The Morgan fingerprint density at radius 3 is 3.20 bits per heavy atom. The highest BCUT2D eigenvalue weighted by molar-refractivity contribution is 9.10. The number of carbonyl (C=O) groups excluding carboxylic acids is 1. The van der Waals surface area contributed by atoms with Gasteiger partial charge in [0.15, 0.2) is 5.65 Å². The third kappa shape index (κ3) is 3.17. The van der Waals surface area contributed by atoms with Crippen molar-refractivity contribution in [2.75, 3.05) is 0 Å². The monoisotopic (exact) mass is 336 g/mol. The number of aromatic amines is 1. The van der Waals surface area contributed by atoms with Gasteiger partial charge in [-0.25, -0.2) is 9.97 Å². The van der Waals surface area contributed by atoms with Crippen molar-refractivity contribution in [1.82, 2.24) is 20.3 Å². The van der Waals surface area contributed by atoms with E-state index in [1.54, 1.807) is 6.20 Å². The molecule has 1 atom stereocenters. The Balaban J connectivity index is 1.65. The summed E-state index contributed by atoms with van der Waals surface area (Å²) in [6.45, 7) is 0. The van der Waals surface area contributed by atoms with Gasteiger partial charge in [0.05, 0.1) is 5.52 Å². The van der Waals surface area contributed by atoms with E-state index in [0.29, 0.717) is 6.42 Å². The fourth-order valence-corrected chi connectivity index (χ4v) is 2.95. The van der Waals surface area contributed by atoms with Crippen molar-refractivity contribution in [1.29, 1.82) is 0 Å². The van der Waals surface area contributed by atoms with Gasteiger partial charge in [0.25, 0.3) is 0 Å². The Bertz CT molecular complexity index is 625. The zero-order chi connectivity index (χ0) is 13.9. The number of aromatic nitrogens is 3. The molecule has 6 heteroatoms. The van der Waals surface area contributed by atoms with Gasteiger partial charge in [0.1, 0.15) is 5.82 Å². The second-order valence-electron chi connectivity index (χ2n) is 5.26. The number of pyridine rings is 1. The number of rotatable bonds is 3. The molecular weight excluding hydrogens is 320 g/mol. The number of halogens is 1. The van der Waals surface area contributed by atoms with E-state index >= 15 is 0 Å². The number of amides is 1. The molecule has 20 heavy (non-hydrogen) atoms. The van der Waals surface area contributed by atoms with E-state index in [4.69, 9.17) is 0 Å². The number of aryl methyl sites for hydroxylation is 1. The quantitative estimate of drug-likeness (QED) is 0.905. The van der Waals surface area contributed by atoms with E-state index in [1.807, 2.05) is 6.07 Å². The van der Waals surface area contributed by atoms with Crippen molar-refractivity contribution in [3.8, 4) is 0 Å². The summed E-state index contributed by atoms with van der Waals surface area (Å²) in [6, 6.07) is 2.25. The lowest BCUT2D eigenvalue weighted by molar-refractivity contribution is -0.121. The molecule has 1 amide bonds. The summed E-state index contributed by atoms with van der Waals surface area (Å²) in [4.78, 5) is 23.6. The highest BCUT2D eigenvalue weighted by Crippen LogP contribution is 2.17. The topological polar surface area (TPSA) is 70.7 Å². The van der Waals surface area contributed by atoms with E-state index < -0.39 is 0 Å². The fraction of sp³-hybridized carbons (Fsp3) is 0.500. The summed E-state index contributed by atoms with van der Waals surface area (Å²) in [5.41, 5.74) is 1.69. The summed E-state index contributed by atoms with van der Waals surface area (Å²) in [5, 5.41) is 3.09. The highest BCUT2D eigenvalue weighted by Gasteiger charge is 2.16. The molecule has 1 saturated heterocycles. The number of hydrogen-bond acceptors (Lipinski definition) is 3. The molecule has 1 aliphatic heterocycles. The Morgan fingerprint density at radius 2 is 2.30 bits per heavy atom. The summed E-state index contributed by atoms with van der Waals surface area (Å²) in [7, 11) is 0. The molecule has 2 aromatic rings. The lowest BCUT2D eigenvalue weighted by Gasteiger charge is -2.14. The highest BCUT2D eigenvalue weighted by atomic mass is 79.9. The van der Waals surface area contributed by atoms with Crippen molar-refractivity contribution >= 4 is 33.0 Å². The van der Waals surface area contributed by atoms with Gasteiger partial charge < -0.3 is 10.3 Å². The van der Waals surface area contributed by atoms with Crippen LogP contribution in [0.4, 0.5) is 0 Å². The summed E-state index contributed by atoms with van der Waals surface area (Å²) in [6.07, 6.45) is 7.36. The van der Waals surface area contributed by atoms with E-state index in [1.165, 1.54) is 0 Å². The first-order valence-corrected chi connectivity index (χ1v) is 7.79. The normalized spacial score (nSPS) is 19.9. The van der Waals surface area contributed by atoms with Crippen LogP contribution in [0.25, 0.3) is 11.2 Å². The van der Waals surface area contributed by atoms with Crippen LogP contribution in [0.15, 0.2) is 16.7 Å². The van der Waals surface area contributed by atoms with Gasteiger partial charge in [-0.15, -0.1) is 0 Å². The van der Waals surface area contributed by atoms with Crippen LogP contribution in [-0.4, -0.2) is 26.9 Å². The predicted molar refractivity (Wildman–Crippen MR) is 80.3 cm³/mol. The number of nitrogens with zero attached hydrogens (tertiary/aromatic N) is 2. The van der Waals surface area contributed by atoms with Crippen LogP contribution in [-0.2, 0) is 11.2 Å². The molecule has 1 fully saturated rings. The van der Waals surface area contributed by atoms with Gasteiger partial charge in [-0.05, 0) is 41.3 Å². The van der Waals surface area contributed by atoms with E-state index in [-0.39, 0.29) is 11.9 Å². The maximum atomic E-state index is 11.5. The molecule has 1 aliphatic rings. The van der Waals surface area contributed by atoms with Gasteiger partial charge in [-0.1, -0.05) is 6.42 Å². The van der Waals surface area contributed by atoms with Gasteiger partial charge >= 0.3 is 0 Å². The Morgan fingerprint density at radius 1 is 1.40 bits per heavy atom. The van der Waals surface area contributed by atoms with Crippen molar-refractivity contribution in [2.45, 2.75) is 44.6 Å². The second-order valence-corrected chi connectivity index (χ2v) is 6.17. The van der Waals surface area contributed by atoms with Crippen LogP contribution in [0.1, 0.15) is 37.9 Å². The number of hydrogen-bond donors (Lipinski definition) is 2. The van der Waals surface area contributed by atoms with Gasteiger partial charge in [0, 0.05) is 29.6 Å². The molecule has 2 aromatic heterocycles. The first-order chi connectivity index (χ1) is 9.70. The average Bonchev–Trinajstić information content (AvgIpc) is 2.70. The second kappa shape index (κ2) is 5.91. The molecule has 5 nitrogen and oxygen atoms in total. The zero-order valence-corrected chi connectivity index (χ0v) is 12.7. The van der Waals surface area contributed by atoms with Gasteiger partial charge in [0.2, 0.25) is 5.91 Å². The summed E-state index contributed by atoms with van der Waals surface area (Å²) in [5.74, 6) is 1.12. The maximum absolute atomic E-state index is 11.5. The first-order valence-electron chi connectivity index (χ1n) is 7.00. The molecule has 3 heterocycles. The molecule has 0 radical (unpaired) electrons.